The molecule has 0 unspecified atom stereocenters. The van der Waals surface area contributed by atoms with Crippen molar-refractivity contribution in [1.29, 1.82) is 0 Å². The van der Waals surface area contributed by atoms with Crippen molar-refractivity contribution in [2.75, 3.05) is 54.6 Å². The van der Waals surface area contributed by atoms with Gasteiger partial charge in [-0.25, -0.2) is 14.5 Å². The molecule has 0 radical (unpaired) electrons. The Labute approximate surface area is 150 Å². The molecule has 0 heterocycles. The lowest BCUT2D eigenvalue weighted by molar-refractivity contribution is -0.297. The third kappa shape index (κ3) is 8.80. The average Bonchev–Trinajstić information content (AvgIpc) is 2.54. The maximum atomic E-state index is 11.8. The van der Waals surface area contributed by atoms with Gasteiger partial charge in [0.05, 0.1) is 13.2 Å². The lowest BCUT2D eigenvalue weighted by atomic mass is 10.4. The summed E-state index contributed by atoms with van der Waals surface area (Å²) in [6.45, 7) is 8.28. The Kier molecular flexibility index (Phi) is 13.9. The van der Waals surface area contributed by atoms with Gasteiger partial charge in [-0.2, -0.15) is 0 Å². The van der Waals surface area contributed by atoms with Gasteiger partial charge in [0.2, 0.25) is 0 Å². The van der Waals surface area contributed by atoms with Crippen molar-refractivity contribution in [3.8, 4) is 0 Å². The van der Waals surface area contributed by atoms with Crippen LogP contribution in [0.4, 0.5) is 0 Å². The summed E-state index contributed by atoms with van der Waals surface area (Å²) in [5.41, 5.74) is 0. The summed E-state index contributed by atoms with van der Waals surface area (Å²) in [7, 11) is 6.42. The van der Waals surface area contributed by atoms with Crippen molar-refractivity contribution < 1.29 is 33.3 Å². The number of amides is 1. The number of esters is 2. The summed E-state index contributed by atoms with van der Waals surface area (Å²) in [6, 6.07) is 0. The highest BCUT2D eigenvalue weighted by atomic mass is 16.7. The highest BCUT2D eigenvalue weighted by Gasteiger charge is 2.45. The van der Waals surface area contributed by atoms with E-state index in [9.17, 15) is 14.4 Å². The molecule has 0 spiro atoms. The van der Waals surface area contributed by atoms with Crippen molar-refractivity contribution in [2.24, 2.45) is 0 Å². The van der Waals surface area contributed by atoms with Crippen molar-refractivity contribution in [3.63, 3.8) is 0 Å². The molecule has 0 bridgehead atoms. The van der Waals surface area contributed by atoms with Crippen LogP contribution < -0.4 is 0 Å². The number of likely N-dealkylation sites (N-methyl/N-ethyl adjacent to an activating group) is 2. The lowest BCUT2D eigenvalue weighted by Gasteiger charge is -2.35. The van der Waals surface area contributed by atoms with Crippen LogP contribution in [0, 0.1) is 0 Å². The van der Waals surface area contributed by atoms with Gasteiger partial charge in [0.25, 0.3) is 0 Å². The Balaban J connectivity index is 0. The number of carbonyl (C=O) groups is 3. The van der Waals surface area contributed by atoms with Crippen molar-refractivity contribution in [1.82, 2.24) is 9.80 Å². The molecule has 0 aliphatic heterocycles. The number of hydrogen-bond acceptors (Lipinski definition) is 8. The predicted octanol–water partition coefficient (Wildman–Crippen LogP) is 0.476. The molecule has 9 nitrogen and oxygen atoms in total. The van der Waals surface area contributed by atoms with Gasteiger partial charge in [0.1, 0.15) is 0 Å². The Morgan fingerprint density at radius 3 is 1.48 bits per heavy atom. The second kappa shape index (κ2) is 13.6. The van der Waals surface area contributed by atoms with E-state index >= 15 is 0 Å². The van der Waals surface area contributed by atoms with Gasteiger partial charge in [0.15, 0.2) is 0 Å². The molecule has 0 rings (SSSR count). The van der Waals surface area contributed by atoms with E-state index in [0.29, 0.717) is 19.8 Å². The van der Waals surface area contributed by atoms with Crippen LogP contribution >= 0.6 is 0 Å². The maximum Gasteiger partial charge on any atom is 0.396 e. The lowest BCUT2D eigenvalue weighted by Crippen LogP contribution is -2.56. The van der Waals surface area contributed by atoms with E-state index in [1.807, 2.05) is 0 Å². The van der Waals surface area contributed by atoms with Gasteiger partial charge < -0.3 is 23.8 Å². The van der Waals surface area contributed by atoms with Crippen LogP contribution in [0.1, 0.15) is 27.7 Å². The maximum absolute atomic E-state index is 11.8. The number of nitrogens with zero attached hydrogens (tertiary/aromatic N) is 2. The Hall–Kier alpha value is -1.71. The van der Waals surface area contributed by atoms with E-state index in [2.05, 4.69) is 4.74 Å². The van der Waals surface area contributed by atoms with Crippen LogP contribution in [0.25, 0.3) is 0 Å². The summed E-state index contributed by atoms with van der Waals surface area (Å²) < 4.78 is 20.1. The van der Waals surface area contributed by atoms with Gasteiger partial charge in [-0.3, -0.25) is 4.79 Å². The fourth-order valence-corrected chi connectivity index (χ4v) is 1.59. The minimum Gasteiger partial charge on any atom is -0.461 e. The number of rotatable bonds is 8. The largest absolute Gasteiger partial charge is 0.461 e. The first-order chi connectivity index (χ1) is 11.6. The summed E-state index contributed by atoms with van der Waals surface area (Å²) >= 11 is 0. The van der Waals surface area contributed by atoms with E-state index in [1.54, 1.807) is 46.7 Å². The minimum absolute atomic E-state index is 0.235. The highest BCUT2D eigenvalue weighted by molar-refractivity contribution is 6.32. The predicted molar refractivity (Wildman–Crippen MR) is 91.6 cm³/mol. The van der Waals surface area contributed by atoms with Gasteiger partial charge in [-0.05, 0) is 41.8 Å². The first-order valence-corrected chi connectivity index (χ1v) is 8.15. The van der Waals surface area contributed by atoms with Gasteiger partial charge in [0, 0.05) is 27.3 Å². The SMILES string of the molecule is CCOC(=O)C(=O)N(C)C.CCOC(=O)C(OCC)(OCC)N(C)C. The normalized spacial score (nSPS) is 10.6. The second-order valence-electron chi connectivity index (χ2n) is 4.98. The standard InChI is InChI=1S/C10H21NO4.C6H11NO3/c1-6-13-9(12)10(11(4)5,14-7-2)15-8-3;1-4-10-6(9)5(8)7(2)3/h6-8H2,1-5H3;4H2,1-3H3. The quantitative estimate of drug-likeness (QED) is 0.349. The topological polar surface area (TPSA) is 94.6 Å². The van der Waals surface area contributed by atoms with Crippen LogP contribution in [-0.4, -0.2) is 88.2 Å². The molecule has 0 saturated carbocycles. The number of ether oxygens (including phenoxy) is 4. The minimum atomic E-state index is -1.42. The summed E-state index contributed by atoms with van der Waals surface area (Å²) in [5, 5.41) is 0. The summed E-state index contributed by atoms with van der Waals surface area (Å²) in [4.78, 5) is 35.8. The van der Waals surface area contributed by atoms with Crippen LogP contribution in [0.3, 0.4) is 0 Å². The van der Waals surface area contributed by atoms with Crippen molar-refractivity contribution >= 4 is 17.8 Å². The Morgan fingerprint density at radius 1 is 0.760 bits per heavy atom. The van der Waals surface area contributed by atoms with Gasteiger partial charge >= 0.3 is 23.8 Å². The van der Waals surface area contributed by atoms with Crippen LogP contribution in [0.15, 0.2) is 0 Å². The molecule has 0 aromatic rings. The monoisotopic (exact) mass is 364 g/mol. The third-order valence-corrected chi connectivity index (χ3v) is 2.66. The molecule has 0 aromatic carbocycles. The number of hydrogen-bond donors (Lipinski definition) is 0. The van der Waals surface area contributed by atoms with E-state index < -0.39 is 23.8 Å². The van der Waals surface area contributed by atoms with Gasteiger partial charge in [-0.1, -0.05) is 0 Å². The molecule has 0 aliphatic rings. The fraction of sp³-hybridized carbons (Fsp3) is 0.812. The zero-order valence-electron chi connectivity index (χ0n) is 16.6. The molecule has 148 valence electrons. The first-order valence-electron chi connectivity index (χ1n) is 8.15. The Morgan fingerprint density at radius 2 is 1.20 bits per heavy atom. The van der Waals surface area contributed by atoms with E-state index in [4.69, 9.17) is 14.2 Å². The molecule has 0 aliphatic carbocycles. The van der Waals surface area contributed by atoms with E-state index in [0.717, 1.165) is 0 Å². The highest BCUT2D eigenvalue weighted by Crippen LogP contribution is 2.18. The van der Waals surface area contributed by atoms with E-state index in [-0.39, 0.29) is 6.61 Å². The zero-order valence-corrected chi connectivity index (χ0v) is 16.6. The molecule has 9 heteroatoms. The molecule has 25 heavy (non-hydrogen) atoms. The molecule has 1 amide bonds. The first kappa shape index (κ1) is 25.5. The smallest absolute Gasteiger partial charge is 0.396 e. The molecule has 0 N–H and O–H groups in total. The molecular formula is C16H32N2O7. The van der Waals surface area contributed by atoms with Crippen LogP contribution in [-0.2, 0) is 33.3 Å². The zero-order chi connectivity index (χ0) is 20.0. The van der Waals surface area contributed by atoms with Gasteiger partial charge in [-0.15, -0.1) is 0 Å². The molecule has 0 fully saturated rings. The molecule has 0 atom stereocenters. The second-order valence-corrected chi connectivity index (χ2v) is 4.98. The van der Waals surface area contributed by atoms with E-state index in [1.165, 1.54) is 19.0 Å². The molecular weight excluding hydrogens is 332 g/mol. The number of carbonyl (C=O) groups excluding carboxylic acids is 3. The molecule has 0 aromatic heterocycles. The van der Waals surface area contributed by atoms with Crippen LogP contribution in [0.2, 0.25) is 0 Å². The average molecular weight is 364 g/mol. The molecule has 0 saturated heterocycles. The van der Waals surface area contributed by atoms with Crippen LogP contribution in [0.5, 0.6) is 0 Å². The Bertz CT molecular complexity index is 405. The third-order valence-electron chi connectivity index (χ3n) is 2.66. The van der Waals surface area contributed by atoms with Crippen molar-refractivity contribution in [2.45, 2.75) is 33.6 Å². The van der Waals surface area contributed by atoms with Crippen molar-refractivity contribution in [3.05, 3.63) is 0 Å². The summed E-state index contributed by atoms with van der Waals surface area (Å²) in [5.74, 6) is -3.35. The fourth-order valence-electron chi connectivity index (χ4n) is 1.59. The summed E-state index contributed by atoms with van der Waals surface area (Å²) in [6.07, 6.45) is 0.